The number of halogens is 1. The van der Waals surface area contributed by atoms with E-state index in [1.54, 1.807) is 12.3 Å². The first-order chi connectivity index (χ1) is 10.6. The first-order valence-corrected chi connectivity index (χ1v) is 7.74. The second-order valence-electron chi connectivity index (χ2n) is 6.20. The van der Waals surface area contributed by atoms with Crippen LogP contribution in [-0.4, -0.2) is 40.1 Å². The van der Waals surface area contributed by atoms with Crippen molar-refractivity contribution in [3.63, 3.8) is 0 Å². The van der Waals surface area contributed by atoms with E-state index in [1.807, 2.05) is 11.8 Å². The molecule has 0 saturated carbocycles. The number of likely N-dealkylation sites (tertiary alicyclic amines) is 1. The minimum absolute atomic E-state index is 0.0378. The van der Waals surface area contributed by atoms with E-state index < -0.39 is 0 Å². The van der Waals surface area contributed by atoms with Gasteiger partial charge in [0.25, 0.3) is 0 Å². The molecule has 1 fully saturated rings. The lowest BCUT2D eigenvalue weighted by Crippen LogP contribution is -2.46. The van der Waals surface area contributed by atoms with Gasteiger partial charge in [-0.2, -0.15) is 0 Å². The third-order valence-corrected chi connectivity index (χ3v) is 4.63. The molecule has 2 aromatic rings. The van der Waals surface area contributed by atoms with Crippen LogP contribution in [-0.2, 0) is 11.2 Å². The topological polar surface area (TPSA) is 56.3 Å². The molecule has 22 heavy (non-hydrogen) atoms. The Labute approximate surface area is 128 Å². The Morgan fingerprint density at radius 2 is 2.27 bits per heavy atom. The number of benzene rings is 1. The number of aliphatic hydroxyl groups excluding tert-OH is 1. The number of carbonyl (C=O) groups excluding carboxylic acids is 1. The van der Waals surface area contributed by atoms with Gasteiger partial charge in [0.2, 0.25) is 5.91 Å². The zero-order valence-electron chi connectivity index (χ0n) is 12.7. The number of amides is 1. The maximum Gasteiger partial charge on any atom is 0.227 e. The number of aromatic nitrogens is 1. The van der Waals surface area contributed by atoms with E-state index in [2.05, 4.69) is 4.98 Å². The molecule has 2 atom stereocenters. The fourth-order valence-corrected chi connectivity index (χ4v) is 3.24. The van der Waals surface area contributed by atoms with Crippen LogP contribution < -0.4 is 0 Å². The van der Waals surface area contributed by atoms with Crippen molar-refractivity contribution < 1.29 is 14.3 Å². The molecule has 1 saturated heterocycles. The molecule has 0 aliphatic carbocycles. The Hall–Kier alpha value is -1.88. The average molecular weight is 304 g/mol. The summed E-state index contributed by atoms with van der Waals surface area (Å²) in [7, 11) is 0. The number of fused-ring (bicyclic) bond motifs is 1. The Kier molecular flexibility index (Phi) is 4.16. The summed E-state index contributed by atoms with van der Waals surface area (Å²) in [6.45, 7) is 2.77. The summed E-state index contributed by atoms with van der Waals surface area (Å²) in [4.78, 5) is 17.5. The van der Waals surface area contributed by atoms with E-state index in [1.165, 1.54) is 12.1 Å². The van der Waals surface area contributed by atoms with Gasteiger partial charge >= 0.3 is 0 Å². The van der Waals surface area contributed by atoms with Crippen molar-refractivity contribution in [3.8, 4) is 0 Å². The van der Waals surface area contributed by atoms with Gasteiger partial charge in [0.05, 0.1) is 6.42 Å². The van der Waals surface area contributed by atoms with Gasteiger partial charge in [-0.05, 0) is 49.4 Å². The number of nitrogens with one attached hydrogen (secondary N) is 1. The van der Waals surface area contributed by atoms with Gasteiger partial charge < -0.3 is 15.0 Å². The molecule has 2 N–H and O–H groups in total. The maximum absolute atomic E-state index is 13.4. The molecule has 5 heteroatoms. The average Bonchev–Trinajstić information content (AvgIpc) is 2.90. The Balaban J connectivity index is 1.79. The largest absolute Gasteiger partial charge is 0.396 e. The second kappa shape index (κ2) is 6.08. The van der Waals surface area contributed by atoms with Crippen LogP contribution in [0.2, 0.25) is 0 Å². The summed E-state index contributed by atoms with van der Waals surface area (Å²) in [5.41, 5.74) is 1.65. The quantitative estimate of drug-likeness (QED) is 0.915. The van der Waals surface area contributed by atoms with Crippen LogP contribution in [0.1, 0.15) is 25.3 Å². The third-order valence-electron chi connectivity index (χ3n) is 4.63. The summed E-state index contributed by atoms with van der Waals surface area (Å²) in [6.07, 6.45) is 3.91. The van der Waals surface area contributed by atoms with Crippen LogP contribution in [0.25, 0.3) is 10.9 Å². The summed E-state index contributed by atoms with van der Waals surface area (Å²) in [5.74, 6) is -0.0936. The van der Waals surface area contributed by atoms with E-state index in [0.717, 1.165) is 29.3 Å². The van der Waals surface area contributed by atoms with Crippen LogP contribution in [0, 0.1) is 11.7 Å². The fourth-order valence-electron chi connectivity index (χ4n) is 3.24. The fraction of sp³-hybridized carbons (Fsp3) is 0.471. The second-order valence-corrected chi connectivity index (χ2v) is 6.20. The zero-order chi connectivity index (χ0) is 15.7. The predicted octanol–water partition coefficient (Wildman–Crippen LogP) is 2.47. The highest BCUT2D eigenvalue weighted by Crippen LogP contribution is 2.24. The molecule has 2 heterocycles. The number of piperidine rings is 1. The standard InChI is InChI=1S/C17H21FN2O2/c1-11-2-3-12(10-21)9-20(11)17(22)6-13-8-19-16-5-4-14(18)7-15(13)16/h4-5,7-8,11-12,19,21H,2-3,6,9-10H2,1H3. The number of carbonyl (C=O) groups is 1. The first kappa shape index (κ1) is 15.0. The summed E-state index contributed by atoms with van der Waals surface area (Å²) in [5, 5.41) is 10.1. The van der Waals surface area contributed by atoms with Crippen LogP contribution in [0.3, 0.4) is 0 Å². The predicted molar refractivity (Wildman–Crippen MR) is 82.9 cm³/mol. The molecule has 4 nitrogen and oxygen atoms in total. The lowest BCUT2D eigenvalue weighted by molar-refractivity contribution is -0.135. The number of rotatable bonds is 3. The summed E-state index contributed by atoms with van der Waals surface area (Å²) in [6, 6.07) is 4.75. The molecule has 0 bridgehead atoms. The zero-order valence-corrected chi connectivity index (χ0v) is 12.7. The molecule has 0 spiro atoms. The number of H-pyrrole nitrogens is 1. The van der Waals surface area contributed by atoms with Crippen LogP contribution >= 0.6 is 0 Å². The van der Waals surface area contributed by atoms with Crippen molar-refractivity contribution in [1.82, 2.24) is 9.88 Å². The SMILES string of the molecule is CC1CCC(CO)CN1C(=O)Cc1c[nH]c2ccc(F)cc12. The van der Waals surface area contributed by atoms with E-state index >= 15 is 0 Å². The smallest absolute Gasteiger partial charge is 0.227 e. The minimum Gasteiger partial charge on any atom is -0.396 e. The van der Waals surface area contributed by atoms with Crippen LogP contribution in [0.15, 0.2) is 24.4 Å². The molecule has 118 valence electrons. The van der Waals surface area contributed by atoms with Gasteiger partial charge in [-0.3, -0.25) is 4.79 Å². The van der Waals surface area contributed by atoms with Gasteiger partial charge in [-0.1, -0.05) is 0 Å². The first-order valence-electron chi connectivity index (χ1n) is 7.74. The lowest BCUT2D eigenvalue weighted by atomic mass is 9.93. The third kappa shape index (κ3) is 2.86. The van der Waals surface area contributed by atoms with E-state index in [0.29, 0.717) is 6.54 Å². The van der Waals surface area contributed by atoms with Crippen molar-refractivity contribution in [3.05, 3.63) is 35.8 Å². The number of aromatic amines is 1. The molecular weight excluding hydrogens is 283 g/mol. The number of hydrogen-bond donors (Lipinski definition) is 2. The van der Waals surface area contributed by atoms with Crippen molar-refractivity contribution in [2.75, 3.05) is 13.2 Å². The summed E-state index contributed by atoms with van der Waals surface area (Å²) >= 11 is 0. The monoisotopic (exact) mass is 304 g/mol. The molecule has 1 aromatic heterocycles. The number of aliphatic hydroxyl groups is 1. The van der Waals surface area contributed by atoms with Gasteiger partial charge in [0.1, 0.15) is 5.82 Å². The van der Waals surface area contributed by atoms with E-state index in [9.17, 15) is 14.3 Å². The molecule has 2 unspecified atom stereocenters. The van der Waals surface area contributed by atoms with Crippen molar-refractivity contribution in [2.24, 2.45) is 5.92 Å². The maximum atomic E-state index is 13.4. The Bertz CT molecular complexity index is 682. The molecule has 0 radical (unpaired) electrons. The minimum atomic E-state index is -0.299. The molecule has 1 aliphatic heterocycles. The lowest BCUT2D eigenvalue weighted by Gasteiger charge is -2.37. The number of hydrogen-bond acceptors (Lipinski definition) is 2. The van der Waals surface area contributed by atoms with Crippen molar-refractivity contribution >= 4 is 16.8 Å². The van der Waals surface area contributed by atoms with Crippen molar-refractivity contribution in [1.29, 1.82) is 0 Å². The highest BCUT2D eigenvalue weighted by atomic mass is 19.1. The molecule has 1 aromatic carbocycles. The normalized spacial score (nSPS) is 22.2. The highest BCUT2D eigenvalue weighted by molar-refractivity contribution is 5.89. The van der Waals surface area contributed by atoms with Gasteiger partial charge in [-0.25, -0.2) is 4.39 Å². The van der Waals surface area contributed by atoms with E-state index in [4.69, 9.17) is 0 Å². The number of nitrogens with zero attached hydrogens (tertiary/aromatic N) is 1. The Morgan fingerprint density at radius 3 is 3.05 bits per heavy atom. The molecular formula is C17H21FN2O2. The van der Waals surface area contributed by atoms with E-state index in [-0.39, 0.29) is 36.7 Å². The van der Waals surface area contributed by atoms with Gasteiger partial charge in [0.15, 0.2) is 0 Å². The molecule has 1 aliphatic rings. The molecule has 3 rings (SSSR count). The van der Waals surface area contributed by atoms with Crippen LogP contribution in [0.5, 0.6) is 0 Å². The highest BCUT2D eigenvalue weighted by Gasteiger charge is 2.28. The van der Waals surface area contributed by atoms with Crippen LogP contribution in [0.4, 0.5) is 4.39 Å². The van der Waals surface area contributed by atoms with Crippen molar-refractivity contribution in [2.45, 2.75) is 32.2 Å². The summed E-state index contributed by atoms with van der Waals surface area (Å²) < 4.78 is 13.4. The Morgan fingerprint density at radius 1 is 1.45 bits per heavy atom. The van der Waals surface area contributed by atoms with Gasteiger partial charge in [-0.15, -0.1) is 0 Å². The van der Waals surface area contributed by atoms with Gasteiger partial charge in [0, 0.05) is 36.3 Å². The molecule has 1 amide bonds.